The van der Waals surface area contributed by atoms with Gasteiger partial charge < -0.3 is 16.6 Å². The van der Waals surface area contributed by atoms with Crippen molar-refractivity contribution in [2.45, 2.75) is 24.9 Å². The smallest absolute Gasteiger partial charge is 0.320 e. The summed E-state index contributed by atoms with van der Waals surface area (Å²) in [4.78, 5) is 12.9. The lowest BCUT2D eigenvalue weighted by atomic mass is 10.1. The van der Waals surface area contributed by atoms with Gasteiger partial charge in [0.15, 0.2) is 0 Å². The molecule has 0 aromatic heterocycles. The second-order valence-electron chi connectivity index (χ2n) is 2.62. The topological polar surface area (TPSA) is 138 Å². The van der Waals surface area contributed by atoms with Crippen molar-refractivity contribution in [3.05, 3.63) is 10.4 Å². The zero-order valence-electron chi connectivity index (χ0n) is 7.13. The van der Waals surface area contributed by atoms with E-state index >= 15 is 0 Å². The number of hydrogen-bond donors (Lipinski definition) is 3. The van der Waals surface area contributed by atoms with E-state index in [1.807, 2.05) is 0 Å². The van der Waals surface area contributed by atoms with Gasteiger partial charge in [-0.25, -0.2) is 0 Å². The molecule has 0 heterocycles. The maximum Gasteiger partial charge on any atom is 0.320 e. The zero-order chi connectivity index (χ0) is 10.3. The molecular weight excluding hydrogens is 174 g/mol. The summed E-state index contributed by atoms with van der Waals surface area (Å²) in [5, 5.41) is 11.8. The van der Waals surface area contributed by atoms with E-state index in [-0.39, 0.29) is 19.0 Å². The number of aliphatic carboxylic acids is 1. The third-order valence-electron chi connectivity index (χ3n) is 1.62. The van der Waals surface area contributed by atoms with Crippen LogP contribution in [0.4, 0.5) is 0 Å². The minimum atomic E-state index is -1.06. The minimum absolute atomic E-state index is 0.205. The van der Waals surface area contributed by atoms with E-state index in [1.54, 1.807) is 0 Å². The van der Waals surface area contributed by atoms with Crippen LogP contribution in [0.5, 0.6) is 0 Å². The van der Waals surface area contributed by atoms with Crippen LogP contribution in [0.1, 0.15) is 12.8 Å². The zero-order valence-corrected chi connectivity index (χ0v) is 7.13. The van der Waals surface area contributed by atoms with E-state index < -0.39 is 12.0 Å². The highest BCUT2D eigenvalue weighted by atomic mass is 16.4. The van der Waals surface area contributed by atoms with Gasteiger partial charge in [0.25, 0.3) is 0 Å². The van der Waals surface area contributed by atoms with E-state index in [4.69, 9.17) is 22.1 Å². The molecule has 0 saturated heterocycles. The average molecular weight is 187 g/mol. The van der Waals surface area contributed by atoms with E-state index in [9.17, 15) is 4.79 Å². The Labute approximate surface area is 75.3 Å². The van der Waals surface area contributed by atoms with Gasteiger partial charge >= 0.3 is 5.97 Å². The third-order valence-corrected chi connectivity index (χ3v) is 1.62. The average Bonchev–Trinajstić information content (AvgIpc) is 2.11. The molecule has 7 nitrogen and oxygen atoms in total. The summed E-state index contributed by atoms with van der Waals surface area (Å²) in [7, 11) is 0. The molecule has 0 rings (SSSR count). The fraction of sp³-hybridized carbons (Fsp3) is 0.833. The Morgan fingerprint density at radius 3 is 2.62 bits per heavy atom. The standard InChI is InChI=1S/C6H13N5O2/c7-3-4(10-11-9)1-2-5(8)6(12)13/h4-5H,1-3,7-8H2,(H,12,13)/t4?,5-/m1/s1. The number of carbonyl (C=O) groups is 1. The summed E-state index contributed by atoms with van der Waals surface area (Å²) in [6.07, 6.45) is 0.657. The van der Waals surface area contributed by atoms with Gasteiger partial charge in [0.2, 0.25) is 0 Å². The van der Waals surface area contributed by atoms with Crippen molar-refractivity contribution in [3.8, 4) is 0 Å². The van der Waals surface area contributed by atoms with Gasteiger partial charge in [-0.15, -0.1) is 0 Å². The van der Waals surface area contributed by atoms with Crippen LogP contribution in [-0.4, -0.2) is 29.7 Å². The molecule has 0 fully saturated rings. The number of rotatable bonds is 6. The fourth-order valence-electron chi connectivity index (χ4n) is 0.791. The van der Waals surface area contributed by atoms with Crippen molar-refractivity contribution < 1.29 is 9.90 Å². The molecular formula is C6H13N5O2. The largest absolute Gasteiger partial charge is 0.480 e. The number of carboxylic acid groups (broad SMARTS) is 1. The normalized spacial score (nSPS) is 14.3. The molecule has 0 bridgehead atoms. The first-order chi connectivity index (χ1) is 6.11. The Morgan fingerprint density at radius 2 is 2.23 bits per heavy atom. The number of nitrogens with zero attached hydrogens (tertiary/aromatic N) is 3. The lowest BCUT2D eigenvalue weighted by molar-refractivity contribution is -0.138. The van der Waals surface area contributed by atoms with Crippen LogP contribution in [0.15, 0.2) is 5.11 Å². The van der Waals surface area contributed by atoms with Gasteiger partial charge in [0.1, 0.15) is 6.04 Å². The van der Waals surface area contributed by atoms with Crippen LogP contribution in [0, 0.1) is 0 Å². The predicted molar refractivity (Wildman–Crippen MR) is 46.8 cm³/mol. The monoisotopic (exact) mass is 187 g/mol. The van der Waals surface area contributed by atoms with Gasteiger partial charge in [0.05, 0.1) is 0 Å². The summed E-state index contributed by atoms with van der Waals surface area (Å²) in [6, 6.07) is -1.28. The highest BCUT2D eigenvalue weighted by Gasteiger charge is 2.13. The van der Waals surface area contributed by atoms with Gasteiger partial charge in [0, 0.05) is 17.5 Å². The maximum atomic E-state index is 10.3. The lowest BCUT2D eigenvalue weighted by Gasteiger charge is -2.09. The molecule has 0 aromatic carbocycles. The number of hydrogen-bond acceptors (Lipinski definition) is 4. The molecule has 1 unspecified atom stereocenters. The Balaban J connectivity index is 3.84. The molecule has 0 aromatic rings. The first-order valence-electron chi connectivity index (χ1n) is 3.84. The Hall–Kier alpha value is -1.30. The Morgan fingerprint density at radius 1 is 1.62 bits per heavy atom. The molecule has 0 radical (unpaired) electrons. The van der Waals surface area contributed by atoms with Crippen LogP contribution in [0.2, 0.25) is 0 Å². The van der Waals surface area contributed by atoms with Crippen molar-refractivity contribution in [2.24, 2.45) is 16.6 Å². The van der Waals surface area contributed by atoms with Crippen LogP contribution in [-0.2, 0) is 4.79 Å². The molecule has 5 N–H and O–H groups in total. The van der Waals surface area contributed by atoms with E-state index in [0.29, 0.717) is 6.42 Å². The summed E-state index contributed by atoms with van der Waals surface area (Å²) in [5.74, 6) is -1.06. The van der Waals surface area contributed by atoms with Gasteiger partial charge in [-0.2, -0.15) is 0 Å². The molecule has 0 spiro atoms. The van der Waals surface area contributed by atoms with E-state index in [2.05, 4.69) is 10.0 Å². The van der Waals surface area contributed by atoms with Crippen LogP contribution >= 0.6 is 0 Å². The summed E-state index contributed by atoms with van der Waals surface area (Å²) >= 11 is 0. The number of carboxylic acids is 1. The summed E-state index contributed by atoms with van der Waals surface area (Å²) in [5.41, 5.74) is 18.6. The molecule has 7 heteroatoms. The molecule has 0 aliphatic heterocycles. The van der Waals surface area contributed by atoms with Crippen molar-refractivity contribution in [3.63, 3.8) is 0 Å². The second-order valence-corrected chi connectivity index (χ2v) is 2.62. The molecule has 0 aliphatic rings. The Kier molecular flexibility index (Phi) is 5.62. The first kappa shape index (κ1) is 11.7. The van der Waals surface area contributed by atoms with Crippen LogP contribution in [0.3, 0.4) is 0 Å². The SMILES string of the molecule is [N-]=[N+]=NC(CN)CC[C@@H](N)C(=O)O. The van der Waals surface area contributed by atoms with Gasteiger partial charge in [-0.3, -0.25) is 4.79 Å². The summed E-state index contributed by atoms with van der Waals surface area (Å²) in [6.45, 7) is 0.205. The molecule has 74 valence electrons. The van der Waals surface area contributed by atoms with Gasteiger partial charge in [-0.1, -0.05) is 5.11 Å². The quantitative estimate of drug-likeness (QED) is 0.301. The van der Waals surface area contributed by atoms with Crippen molar-refractivity contribution >= 4 is 5.97 Å². The van der Waals surface area contributed by atoms with Crippen molar-refractivity contribution in [2.75, 3.05) is 6.54 Å². The third kappa shape index (κ3) is 5.02. The highest BCUT2D eigenvalue weighted by molar-refractivity contribution is 5.72. The molecule has 0 aliphatic carbocycles. The van der Waals surface area contributed by atoms with Crippen molar-refractivity contribution in [1.82, 2.24) is 0 Å². The molecule has 13 heavy (non-hydrogen) atoms. The van der Waals surface area contributed by atoms with E-state index in [0.717, 1.165) is 0 Å². The fourth-order valence-corrected chi connectivity index (χ4v) is 0.791. The number of azide groups is 1. The number of nitrogens with two attached hydrogens (primary N) is 2. The maximum absolute atomic E-state index is 10.3. The van der Waals surface area contributed by atoms with Crippen LogP contribution < -0.4 is 11.5 Å². The lowest BCUT2D eigenvalue weighted by Crippen LogP contribution is -2.31. The molecule has 0 amide bonds. The predicted octanol–water partition coefficient (Wildman–Crippen LogP) is -0.184. The molecule has 0 saturated carbocycles. The van der Waals surface area contributed by atoms with Gasteiger partial charge in [-0.05, 0) is 18.4 Å². The van der Waals surface area contributed by atoms with E-state index in [1.165, 1.54) is 0 Å². The highest BCUT2D eigenvalue weighted by Crippen LogP contribution is 2.03. The summed E-state index contributed by atoms with van der Waals surface area (Å²) < 4.78 is 0. The second kappa shape index (κ2) is 6.24. The van der Waals surface area contributed by atoms with Crippen LogP contribution in [0.25, 0.3) is 10.4 Å². The molecule has 2 atom stereocenters. The minimum Gasteiger partial charge on any atom is -0.480 e. The Bertz CT molecular complexity index is 213. The van der Waals surface area contributed by atoms with Crippen molar-refractivity contribution in [1.29, 1.82) is 0 Å². The first-order valence-corrected chi connectivity index (χ1v) is 3.84.